The van der Waals surface area contributed by atoms with Gasteiger partial charge < -0.3 is 5.73 Å². The molecule has 0 bridgehead atoms. The second-order valence-corrected chi connectivity index (χ2v) is 6.35. The molecule has 1 heterocycles. The van der Waals surface area contributed by atoms with Crippen molar-refractivity contribution >= 4 is 21.6 Å². The number of anilines is 1. The number of hydrogen-bond acceptors (Lipinski definition) is 2. The first kappa shape index (κ1) is 13.7. The minimum atomic E-state index is 0.419. The van der Waals surface area contributed by atoms with Crippen LogP contribution in [0.2, 0.25) is 0 Å². The molecule has 2 N–H and O–H groups in total. The summed E-state index contributed by atoms with van der Waals surface area (Å²) in [5.41, 5.74) is 11.1. The molecule has 0 fully saturated rings. The summed E-state index contributed by atoms with van der Waals surface area (Å²) in [6.07, 6.45) is 1.04. The zero-order chi connectivity index (χ0) is 14.1. The first-order valence-electron chi connectivity index (χ1n) is 7.01. The van der Waals surface area contributed by atoms with Crippen molar-refractivity contribution in [2.24, 2.45) is 0 Å². The first-order chi connectivity index (χ1) is 9.65. The van der Waals surface area contributed by atoms with E-state index in [4.69, 9.17) is 5.73 Å². The molecule has 3 rings (SSSR count). The Bertz CT molecular complexity index is 624. The van der Waals surface area contributed by atoms with Crippen LogP contribution < -0.4 is 5.73 Å². The van der Waals surface area contributed by atoms with Crippen molar-refractivity contribution in [2.45, 2.75) is 25.9 Å². The summed E-state index contributed by atoms with van der Waals surface area (Å²) in [4.78, 5) is 2.52. The number of fused-ring (bicyclic) bond motifs is 1. The van der Waals surface area contributed by atoms with E-state index >= 15 is 0 Å². The van der Waals surface area contributed by atoms with E-state index < -0.39 is 0 Å². The predicted molar refractivity (Wildman–Crippen MR) is 87.5 cm³/mol. The third-order valence-corrected chi connectivity index (χ3v) is 4.70. The highest BCUT2D eigenvalue weighted by Gasteiger charge is 2.22. The van der Waals surface area contributed by atoms with E-state index in [1.54, 1.807) is 0 Å². The van der Waals surface area contributed by atoms with Crippen LogP contribution in [-0.2, 0) is 13.0 Å². The van der Waals surface area contributed by atoms with Gasteiger partial charge in [0.05, 0.1) is 0 Å². The van der Waals surface area contributed by atoms with Gasteiger partial charge in [0.2, 0.25) is 0 Å². The molecule has 104 valence electrons. The van der Waals surface area contributed by atoms with Crippen molar-refractivity contribution in [3.63, 3.8) is 0 Å². The van der Waals surface area contributed by atoms with Crippen LogP contribution in [0, 0.1) is 0 Å². The van der Waals surface area contributed by atoms with Crippen LogP contribution >= 0.6 is 15.9 Å². The Kier molecular flexibility index (Phi) is 3.81. The maximum atomic E-state index is 6.07. The van der Waals surface area contributed by atoms with E-state index in [0.29, 0.717) is 6.04 Å². The summed E-state index contributed by atoms with van der Waals surface area (Å²) in [7, 11) is 0. The van der Waals surface area contributed by atoms with Gasteiger partial charge in [-0.25, -0.2) is 0 Å². The van der Waals surface area contributed by atoms with Crippen molar-refractivity contribution in [3.05, 3.63) is 63.6 Å². The number of nitrogen functional groups attached to an aromatic ring is 1. The molecule has 0 aromatic heterocycles. The number of halogens is 1. The molecule has 0 spiro atoms. The van der Waals surface area contributed by atoms with Crippen LogP contribution in [0.5, 0.6) is 0 Å². The molecule has 0 saturated heterocycles. The normalized spacial score (nSPS) is 16.7. The molecule has 0 aliphatic carbocycles. The van der Waals surface area contributed by atoms with Crippen LogP contribution in [0.15, 0.2) is 46.9 Å². The van der Waals surface area contributed by atoms with Gasteiger partial charge in [0.25, 0.3) is 0 Å². The standard InChI is InChI=1S/C17H19BrN2/c1-12(13-4-2-6-15(18)10-13)20-9-8-16-14(11-20)5-3-7-17(16)19/h2-7,10,12H,8-9,11,19H2,1H3. The molecule has 1 unspecified atom stereocenters. The summed E-state index contributed by atoms with van der Waals surface area (Å²) >= 11 is 3.55. The summed E-state index contributed by atoms with van der Waals surface area (Å²) in [5.74, 6) is 0. The number of hydrogen-bond donors (Lipinski definition) is 1. The molecule has 1 atom stereocenters. The van der Waals surface area contributed by atoms with E-state index in [0.717, 1.165) is 29.7 Å². The molecule has 0 saturated carbocycles. The number of nitrogens with two attached hydrogens (primary N) is 1. The second kappa shape index (κ2) is 5.58. The summed E-state index contributed by atoms with van der Waals surface area (Å²) in [6, 6.07) is 15.3. The van der Waals surface area contributed by atoms with E-state index in [1.165, 1.54) is 16.7 Å². The van der Waals surface area contributed by atoms with Crippen molar-refractivity contribution in [2.75, 3.05) is 12.3 Å². The lowest BCUT2D eigenvalue weighted by atomic mass is 9.95. The van der Waals surface area contributed by atoms with Crippen LogP contribution in [0.4, 0.5) is 5.69 Å². The summed E-state index contributed by atoms with van der Waals surface area (Å²) in [5, 5.41) is 0. The first-order valence-corrected chi connectivity index (χ1v) is 7.80. The topological polar surface area (TPSA) is 29.3 Å². The number of nitrogens with zero attached hydrogens (tertiary/aromatic N) is 1. The van der Waals surface area contributed by atoms with Gasteiger partial charge in [-0.1, -0.05) is 40.2 Å². The summed E-state index contributed by atoms with van der Waals surface area (Å²) < 4.78 is 1.14. The van der Waals surface area contributed by atoms with E-state index in [1.807, 2.05) is 6.07 Å². The molecule has 3 heteroatoms. The molecule has 1 aliphatic heterocycles. The maximum absolute atomic E-state index is 6.07. The zero-order valence-electron chi connectivity index (χ0n) is 11.6. The molecule has 2 aromatic carbocycles. The lowest BCUT2D eigenvalue weighted by molar-refractivity contribution is 0.192. The highest BCUT2D eigenvalue weighted by molar-refractivity contribution is 9.10. The molecule has 2 aromatic rings. The van der Waals surface area contributed by atoms with Gasteiger partial charge in [-0.15, -0.1) is 0 Å². The molecule has 2 nitrogen and oxygen atoms in total. The monoisotopic (exact) mass is 330 g/mol. The molecule has 0 radical (unpaired) electrons. The summed E-state index contributed by atoms with van der Waals surface area (Å²) in [6.45, 7) is 4.32. The van der Waals surface area contributed by atoms with E-state index in [-0.39, 0.29) is 0 Å². The molecule has 20 heavy (non-hydrogen) atoms. The third kappa shape index (κ3) is 2.60. The highest BCUT2D eigenvalue weighted by Crippen LogP contribution is 2.30. The fraction of sp³-hybridized carbons (Fsp3) is 0.294. The minimum absolute atomic E-state index is 0.419. The van der Waals surface area contributed by atoms with Gasteiger partial charge in [-0.2, -0.15) is 0 Å². The van der Waals surface area contributed by atoms with Gasteiger partial charge in [-0.3, -0.25) is 4.90 Å². The van der Waals surface area contributed by atoms with Gasteiger partial charge >= 0.3 is 0 Å². The average Bonchev–Trinajstić information content (AvgIpc) is 2.46. The Labute approximate surface area is 128 Å². The van der Waals surface area contributed by atoms with Crippen molar-refractivity contribution in [1.82, 2.24) is 4.90 Å². The van der Waals surface area contributed by atoms with Crippen LogP contribution in [0.3, 0.4) is 0 Å². The second-order valence-electron chi connectivity index (χ2n) is 5.44. The van der Waals surface area contributed by atoms with Crippen LogP contribution in [-0.4, -0.2) is 11.4 Å². The Morgan fingerprint density at radius 1 is 1.20 bits per heavy atom. The SMILES string of the molecule is CC(c1cccc(Br)c1)N1CCc2c(N)cccc2C1. The molecular formula is C17H19BrN2. The van der Waals surface area contributed by atoms with Gasteiger partial charge in [-0.05, 0) is 48.2 Å². The van der Waals surface area contributed by atoms with Crippen LogP contribution in [0.1, 0.15) is 29.7 Å². The predicted octanol–water partition coefficient (Wildman–Crippen LogP) is 4.15. The van der Waals surface area contributed by atoms with E-state index in [2.05, 4.69) is 64.2 Å². The van der Waals surface area contributed by atoms with Crippen molar-refractivity contribution < 1.29 is 0 Å². The zero-order valence-corrected chi connectivity index (χ0v) is 13.2. The quantitative estimate of drug-likeness (QED) is 0.838. The fourth-order valence-corrected chi connectivity index (χ4v) is 3.39. The van der Waals surface area contributed by atoms with Crippen molar-refractivity contribution in [3.8, 4) is 0 Å². The average molecular weight is 331 g/mol. The van der Waals surface area contributed by atoms with Gasteiger partial charge in [0, 0.05) is 29.3 Å². The Morgan fingerprint density at radius 2 is 2.00 bits per heavy atom. The van der Waals surface area contributed by atoms with Gasteiger partial charge in [0.15, 0.2) is 0 Å². The maximum Gasteiger partial charge on any atom is 0.0350 e. The number of benzene rings is 2. The highest BCUT2D eigenvalue weighted by atomic mass is 79.9. The Balaban J connectivity index is 1.83. The number of rotatable bonds is 2. The molecule has 0 amide bonds. The van der Waals surface area contributed by atoms with Crippen LogP contribution in [0.25, 0.3) is 0 Å². The largest absolute Gasteiger partial charge is 0.398 e. The lowest BCUT2D eigenvalue weighted by Gasteiger charge is -2.34. The molecule has 1 aliphatic rings. The lowest BCUT2D eigenvalue weighted by Crippen LogP contribution is -2.33. The third-order valence-electron chi connectivity index (χ3n) is 4.21. The fourth-order valence-electron chi connectivity index (χ4n) is 2.97. The molecular weight excluding hydrogens is 312 g/mol. The Morgan fingerprint density at radius 3 is 2.80 bits per heavy atom. The van der Waals surface area contributed by atoms with E-state index in [9.17, 15) is 0 Å². The van der Waals surface area contributed by atoms with Crippen molar-refractivity contribution in [1.29, 1.82) is 0 Å². The smallest absolute Gasteiger partial charge is 0.0350 e. The Hall–Kier alpha value is -1.32. The van der Waals surface area contributed by atoms with Gasteiger partial charge in [0.1, 0.15) is 0 Å². The minimum Gasteiger partial charge on any atom is -0.398 e.